The number of alkyl halides is 1. The standard InChI is InChI=1S/C23H32FN3O4/c1-8-9-16-20(15(3)31-11-10-24)25-27-13-19(23(4,5)6)26(7)17(21(16)27)12-18(28)14(2)22(29)30/h8-9,12,15,19H,2,10-11,13H2,1,3-7H3,(H,29,30)/b9-8-,17-12-. The van der Waals surface area contributed by atoms with Gasteiger partial charge < -0.3 is 14.7 Å². The molecule has 0 aliphatic carbocycles. The van der Waals surface area contributed by atoms with Crippen LogP contribution in [0.4, 0.5) is 4.39 Å². The van der Waals surface area contributed by atoms with Crippen molar-refractivity contribution in [1.29, 1.82) is 0 Å². The molecule has 0 bridgehead atoms. The average Bonchev–Trinajstić information content (AvgIpc) is 3.05. The van der Waals surface area contributed by atoms with Gasteiger partial charge in [0.25, 0.3) is 0 Å². The molecule has 1 aromatic heterocycles. The Balaban J connectivity index is 2.73. The summed E-state index contributed by atoms with van der Waals surface area (Å²) in [5.41, 5.74) is 1.99. The van der Waals surface area contributed by atoms with Crippen molar-refractivity contribution in [2.45, 2.75) is 53.3 Å². The Bertz CT molecular complexity index is 924. The highest BCUT2D eigenvalue weighted by Crippen LogP contribution is 2.39. The van der Waals surface area contributed by atoms with Crippen LogP contribution in [0.5, 0.6) is 0 Å². The fourth-order valence-electron chi connectivity index (χ4n) is 3.79. The van der Waals surface area contributed by atoms with Crippen LogP contribution in [-0.2, 0) is 20.9 Å². The van der Waals surface area contributed by atoms with Gasteiger partial charge in [-0.25, -0.2) is 9.18 Å². The number of ether oxygens (including phenoxy) is 1. The predicted molar refractivity (Wildman–Crippen MR) is 118 cm³/mol. The van der Waals surface area contributed by atoms with E-state index in [0.717, 1.165) is 5.56 Å². The molecular formula is C23H32FN3O4. The maximum absolute atomic E-state index is 12.7. The third-order valence-electron chi connectivity index (χ3n) is 5.44. The van der Waals surface area contributed by atoms with Gasteiger partial charge in [-0.15, -0.1) is 0 Å². The number of aliphatic carboxylic acids is 1. The molecule has 2 heterocycles. The molecule has 0 saturated carbocycles. The number of nitrogens with zero attached hydrogens (tertiary/aromatic N) is 3. The van der Waals surface area contributed by atoms with E-state index < -0.39 is 30.1 Å². The number of fused-ring (bicyclic) bond motifs is 1. The maximum atomic E-state index is 12.7. The van der Waals surface area contributed by atoms with E-state index in [-0.39, 0.29) is 18.1 Å². The SMILES string of the molecule is C=C(C(=O)O)C(=O)/C=C1/c2c(/C=C\C)c(C(C)OCCF)nn2CC(C(C)(C)C)N1C. The number of hydrogen-bond acceptors (Lipinski definition) is 5. The second-order valence-electron chi connectivity index (χ2n) is 8.70. The van der Waals surface area contributed by atoms with Crippen LogP contribution in [0.3, 0.4) is 0 Å². The first-order chi connectivity index (χ1) is 14.4. The highest BCUT2D eigenvalue weighted by atomic mass is 19.1. The van der Waals surface area contributed by atoms with E-state index in [1.807, 2.05) is 42.6 Å². The molecule has 7 nitrogen and oxygen atoms in total. The largest absolute Gasteiger partial charge is 0.478 e. The van der Waals surface area contributed by atoms with E-state index in [2.05, 4.69) is 27.4 Å². The van der Waals surface area contributed by atoms with Gasteiger partial charge in [-0.1, -0.05) is 39.5 Å². The first-order valence-corrected chi connectivity index (χ1v) is 10.3. The molecule has 8 heteroatoms. The van der Waals surface area contributed by atoms with E-state index in [1.54, 1.807) is 0 Å². The van der Waals surface area contributed by atoms with Crippen LogP contribution >= 0.6 is 0 Å². The zero-order valence-corrected chi connectivity index (χ0v) is 19.1. The summed E-state index contributed by atoms with van der Waals surface area (Å²) < 4.78 is 20.1. The van der Waals surface area contributed by atoms with E-state index in [0.29, 0.717) is 23.6 Å². The zero-order valence-electron chi connectivity index (χ0n) is 19.1. The third kappa shape index (κ3) is 5.12. The summed E-state index contributed by atoms with van der Waals surface area (Å²) in [6.07, 6.45) is 4.59. The van der Waals surface area contributed by atoms with Crippen LogP contribution in [0.15, 0.2) is 24.3 Å². The minimum Gasteiger partial charge on any atom is -0.478 e. The smallest absolute Gasteiger partial charge is 0.339 e. The van der Waals surface area contributed by atoms with Gasteiger partial charge in [0.1, 0.15) is 6.67 Å². The first-order valence-electron chi connectivity index (χ1n) is 10.3. The summed E-state index contributed by atoms with van der Waals surface area (Å²) in [6, 6.07) is -0.00887. The monoisotopic (exact) mass is 433 g/mol. The fourth-order valence-corrected chi connectivity index (χ4v) is 3.79. The number of carbonyl (C=O) groups excluding carboxylic acids is 1. The topological polar surface area (TPSA) is 84.7 Å². The molecule has 0 fully saturated rings. The summed E-state index contributed by atoms with van der Waals surface area (Å²) in [5, 5.41) is 13.9. The van der Waals surface area contributed by atoms with Gasteiger partial charge in [0.15, 0.2) is 5.78 Å². The van der Waals surface area contributed by atoms with Crippen molar-refractivity contribution in [3.05, 3.63) is 41.3 Å². The maximum Gasteiger partial charge on any atom is 0.339 e. The lowest BCUT2D eigenvalue weighted by Gasteiger charge is -2.44. The van der Waals surface area contributed by atoms with Crippen LogP contribution in [0.25, 0.3) is 11.8 Å². The Morgan fingerprint density at radius 2 is 2.06 bits per heavy atom. The lowest BCUT2D eigenvalue weighted by atomic mass is 9.84. The van der Waals surface area contributed by atoms with Gasteiger partial charge in [-0.2, -0.15) is 5.10 Å². The molecule has 2 unspecified atom stereocenters. The molecule has 0 saturated heterocycles. The molecule has 31 heavy (non-hydrogen) atoms. The van der Waals surface area contributed by atoms with Gasteiger partial charge in [0, 0.05) is 18.7 Å². The number of allylic oxidation sites excluding steroid dienone is 2. The second kappa shape index (κ2) is 9.60. The Kier molecular flexibility index (Phi) is 7.59. The molecule has 0 aromatic carbocycles. The molecule has 0 amide bonds. The molecule has 1 aliphatic rings. The molecular weight excluding hydrogens is 401 g/mol. The number of rotatable bonds is 8. The van der Waals surface area contributed by atoms with Crippen LogP contribution in [-0.4, -0.2) is 57.9 Å². The van der Waals surface area contributed by atoms with Gasteiger partial charge in [0.2, 0.25) is 0 Å². The molecule has 0 radical (unpaired) electrons. The molecule has 1 aromatic rings. The normalized spacial score (nSPS) is 19.0. The summed E-state index contributed by atoms with van der Waals surface area (Å²) >= 11 is 0. The van der Waals surface area contributed by atoms with Gasteiger partial charge in [-0.05, 0) is 19.3 Å². The average molecular weight is 434 g/mol. The van der Waals surface area contributed by atoms with E-state index in [4.69, 9.17) is 9.84 Å². The molecule has 1 aliphatic heterocycles. The van der Waals surface area contributed by atoms with E-state index in [9.17, 15) is 19.1 Å². The summed E-state index contributed by atoms with van der Waals surface area (Å²) in [4.78, 5) is 25.9. The van der Waals surface area contributed by atoms with Crippen molar-refractivity contribution in [3.8, 4) is 0 Å². The lowest BCUT2D eigenvalue weighted by molar-refractivity contribution is -0.134. The van der Waals surface area contributed by atoms with Crippen molar-refractivity contribution in [1.82, 2.24) is 14.7 Å². The second-order valence-corrected chi connectivity index (χ2v) is 8.70. The van der Waals surface area contributed by atoms with Crippen molar-refractivity contribution < 1.29 is 23.8 Å². The minimum absolute atomic E-state index is 0.00887. The number of carboxylic acid groups (broad SMARTS) is 1. The third-order valence-corrected chi connectivity index (χ3v) is 5.44. The minimum atomic E-state index is -1.36. The number of hydrogen-bond donors (Lipinski definition) is 1. The van der Waals surface area contributed by atoms with Crippen LogP contribution in [0.2, 0.25) is 0 Å². The Morgan fingerprint density at radius 1 is 1.42 bits per heavy atom. The first kappa shape index (κ1) is 24.5. The number of carboxylic acids is 1. The number of ketones is 1. The highest BCUT2D eigenvalue weighted by molar-refractivity contribution is 6.22. The number of aromatic nitrogens is 2. The van der Waals surface area contributed by atoms with Crippen molar-refractivity contribution in [2.75, 3.05) is 20.3 Å². The summed E-state index contributed by atoms with van der Waals surface area (Å²) in [7, 11) is 1.89. The fraction of sp³-hybridized carbons (Fsp3) is 0.522. The summed E-state index contributed by atoms with van der Waals surface area (Å²) in [6.45, 7) is 13.3. The van der Waals surface area contributed by atoms with E-state index >= 15 is 0 Å². The van der Waals surface area contributed by atoms with Crippen LogP contribution in [0, 0.1) is 5.41 Å². The van der Waals surface area contributed by atoms with Crippen LogP contribution in [0.1, 0.15) is 57.7 Å². The lowest BCUT2D eigenvalue weighted by Crippen LogP contribution is -2.47. The molecule has 1 N–H and O–H groups in total. The zero-order chi connectivity index (χ0) is 23.5. The molecule has 2 rings (SSSR count). The number of likely N-dealkylation sites (N-methyl/N-ethyl adjacent to an activating group) is 1. The van der Waals surface area contributed by atoms with Crippen molar-refractivity contribution >= 4 is 23.5 Å². The van der Waals surface area contributed by atoms with Gasteiger partial charge in [-0.3, -0.25) is 9.48 Å². The molecule has 2 atom stereocenters. The predicted octanol–water partition coefficient (Wildman–Crippen LogP) is 3.87. The Labute approximate surface area is 182 Å². The highest BCUT2D eigenvalue weighted by Gasteiger charge is 2.38. The van der Waals surface area contributed by atoms with Gasteiger partial charge >= 0.3 is 5.97 Å². The van der Waals surface area contributed by atoms with E-state index in [1.165, 1.54) is 6.08 Å². The molecule has 0 spiro atoms. The molecule has 170 valence electrons. The quantitative estimate of drug-likeness (QED) is 0.381. The Hall–Kier alpha value is -2.74. The van der Waals surface area contributed by atoms with Crippen molar-refractivity contribution in [3.63, 3.8) is 0 Å². The number of halogens is 1. The van der Waals surface area contributed by atoms with Crippen molar-refractivity contribution in [2.24, 2.45) is 5.41 Å². The summed E-state index contributed by atoms with van der Waals surface area (Å²) in [5.74, 6) is -2.03. The number of carbonyl (C=O) groups is 2. The van der Waals surface area contributed by atoms with Crippen LogP contribution < -0.4 is 0 Å². The van der Waals surface area contributed by atoms with Gasteiger partial charge in [0.05, 0.1) is 48.0 Å². The Morgan fingerprint density at radius 3 is 2.58 bits per heavy atom.